The maximum Gasteiger partial charge on any atom is 0.573 e. The van der Waals surface area contributed by atoms with Crippen molar-refractivity contribution in [1.82, 2.24) is 9.97 Å². The molecular formula is C20H18ClF3N4O3. The monoisotopic (exact) mass is 454 g/mol. The lowest BCUT2D eigenvalue weighted by Gasteiger charge is -2.15. The molecule has 11 heteroatoms. The number of ether oxygens (including phenoxy) is 1. The topological polar surface area (TPSA) is 99.5 Å². The highest BCUT2D eigenvalue weighted by molar-refractivity contribution is 6.31. The minimum atomic E-state index is -4.83. The minimum absolute atomic E-state index is 0.0802. The fourth-order valence-corrected chi connectivity index (χ4v) is 2.76. The molecule has 7 nitrogen and oxygen atoms in total. The number of phenolic OH excluding ortho intramolecular Hbond substituents is 1. The van der Waals surface area contributed by atoms with E-state index in [9.17, 15) is 23.4 Å². The number of hydrogen-bond donors (Lipinski definition) is 4. The third-order valence-electron chi connectivity index (χ3n) is 3.96. The van der Waals surface area contributed by atoms with Gasteiger partial charge in [-0.15, -0.1) is 13.2 Å². The van der Waals surface area contributed by atoms with Gasteiger partial charge >= 0.3 is 6.36 Å². The highest BCUT2D eigenvalue weighted by Crippen LogP contribution is 2.32. The normalized spacial score (nSPS) is 12.3. The van der Waals surface area contributed by atoms with E-state index in [2.05, 4.69) is 25.3 Å². The second kappa shape index (κ2) is 9.27. The molecule has 0 spiro atoms. The van der Waals surface area contributed by atoms with Crippen LogP contribution in [-0.2, 0) is 0 Å². The van der Waals surface area contributed by atoms with E-state index in [4.69, 9.17) is 11.6 Å². The largest absolute Gasteiger partial charge is 0.573 e. The Bertz CT molecular complexity index is 1070. The van der Waals surface area contributed by atoms with Crippen LogP contribution in [0.2, 0.25) is 5.02 Å². The Morgan fingerprint density at radius 1 is 1.13 bits per heavy atom. The fourth-order valence-electron chi connectivity index (χ4n) is 2.59. The molecule has 164 valence electrons. The molecule has 0 unspecified atom stereocenters. The van der Waals surface area contributed by atoms with E-state index in [1.54, 1.807) is 13.0 Å². The predicted molar refractivity (Wildman–Crippen MR) is 111 cm³/mol. The summed E-state index contributed by atoms with van der Waals surface area (Å²) in [7, 11) is 0. The van der Waals surface area contributed by atoms with Crippen LogP contribution in [-0.4, -0.2) is 39.2 Å². The maximum atomic E-state index is 12.6. The standard InChI is InChI=1S/C20H18ClF3N4O3/c1-11(10-29)25-19-27-15(12-3-2-4-14(7-12)31-20(22,23)24)9-18(28-19)26-16-8-13(21)5-6-17(16)30/h2-9,11,29-30H,10H2,1H3,(H2,25,26,27,28)/t11-/m1/s1. The van der Waals surface area contributed by atoms with Gasteiger partial charge in [-0.1, -0.05) is 23.7 Å². The van der Waals surface area contributed by atoms with Crippen molar-refractivity contribution in [2.24, 2.45) is 0 Å². The molecule has 0 bridgehead atoms. The number of aromatic nitrogens is 2. The lowest BCUT2D eigenvalue weighted by molar-refractivity contribution is -0.274. The lowest BCUT2D eigenvalue weighted by Crippen LogP contribution is -2.21. The van der Waals surface area contributed by atoms with Gasteiger partial charge in [0.25, 0.3) is 0 Å². The summed E-state index contributed by atoms with van der Waals surface area (Å²) in [5, 5.41) is 25.5. The fraction of sp³-hybridized carbons (Fsp3) is 0.200. The molecule has 3 rings (SSSR count). The average molecular weight is 455 g/mol. The van der Waals surface area contributed by atoms with Crippen molar-refractivity contribution in [2.75, 3.05) is 17.2 Å². The number of halogens is 4. The molecule has 0 fully saturated rings. The molecule has 1 atom stereocenters. The van der Waals surface area contributed by atoms with Crippen LogP contribution in [0.4, 0.5) is 30.6 Å². The molecule has 0 saturated carbocycles. The van der Waals surface area contributed by atoms with Crippen molar-refractivity contribution in [1.29, 1.82) is 0 Å². The van der Waals surface area contributed by atoms with Gasteiger partial charge in [-0.2, -0.15) is 4.98 Å². The number of aliphatic hydroxyl groups is 1. The van der Waals surface area contributed by atoms with E-state index in [0.29, 0.717) is 10.6 Å². The van der Waals surface area contributed by atoms with Crippen LogP contribution >= 0.6 is 11.6 Å². The molecule has 1 heterocycles. The van der Waals surface area contributed by atoms with Gasteiger partial charge in [0.2, 0.25) is 5.95 Å². The number of aliphatic hydroxyl groups excluding tert-OH is 1. The molecule has 4 N–H and O–H groups in total. The van der Waals surface area contributed by atoms with Crippen molar-refractivity contribution in [3.63, 3.8) is 0 Å². The summed E-state index contributed by atoms with van der Waals surface area (Å²) in [6.07, 6.45) is -4.83. The van der Waals surface area contributed by atoms with E-state index >= 15 is 0 Å². The third-order valence-corrected chi connectivity index (χ3v) is 4.20. The number of alkyl halides is 3. The first-order chi connectivity index (χ1) is 14.6. The number of nitrogens with zero attached hydrogens (tertiary/aromatic N) is 2. The maximum absolute atomic E-state index is 12.6. The van der Waals surface area contributed by atoms with Gasteiger partial charge in [-0.3, -0.25) is 0 Å². The van der Waals surface area contributed by atoms with E-state index in [0.717, 1.165) is 0 Å². The first kappa shape index (κ1) is 22.4. The summed E-state index contributed by atoms with van der Waals surface area (Å²) in [4.78, 5) is 8.60. The Morgan fingerprint density at radius 3 is 2.61 bits per heavy atom. The Kier molecular flexibility index (Phi) is 6.71. The molecule has 0 aliphatic heterocycles. The predicted octanol–water partition coefficient (Wildman–Crippen LogP) is 4.94. The van der Waals surface area contributed by atoms with Crippen LogP contribution in [0, 0.1) is 0 Å². The summed E-state index contributed by atoms with van der Waals surface area (Å²) < 4.78 is 41.7. The molecule has 3 aromatic rings. The highest BCUT2D eigenvalue weighted by atomic mass is 35.5. The van der Waals surface area contributed by atoms with Gasteiger partial charge in [0.15, 0.2) is 0 Å². The summed E-state index contributed by atoms with van der Waals surface area (Å²) in [6, 6.07) is 10.8. The van der Waals surface area contributed by atoms with Gasteiger partial charge in [0.05, 0.1) is 18.0 Å². The molecule has 0 amide bonds. The number of phenols is 1. The average Bonchev–Trinajstić information content (AvgIpc) is 2.69. The SMILES string of the molecule is C[C@H](CO)Nc1nc(Nc2cc(Cl)ccc2O)cc(-c2cccc(OC(F)(F)F)c2)n1. The molecule has 0 aliphatic rings. The molecule has 2 aromatic carbocycles. The van der Waals surface area contributed by atoms with Crippen molar-refractivity contribution in [3.8, 4) is 22.8 Å². The molecule has 1 aromatic heterocycles. The van der Waals surface area contributed by atoms with Crippen molar-refractivity contribution in [2.45, 2.75) is 19.3 Å². The number of nitrogens with one attached hydrogen (secondary N) is 2. The van der Waals surface area contributed by atoms with Crippen LogP contribution < -0.4 is 15.4 Å². The Balaban J connectivity index is 2.01. The third kappa shape index (κ3) is 6.37. The van der Waals surface area contributed by atoms with Gasteiger partial charge in [-0.05, 0) is 37.3 Å². The van der Waals surface area contributed by atoms with Crippen molar-refractivity contribution < 1.29 is 28.1 Å². The second-order valence-electron chi connectivity index (χ2n) is 6.55. The lowest BCUT2D eigenvalue weighted by atomic mass is 10.1. The zero-order valence-corrected chi connectivity index (χ0v) is 16.9. The number of rotatable bonds is 7. The van der Waals surface area contributed by atoms with Crippen LogP contribution in [0.15, 0.2) is 48.5 Å². The van der Waals surface area contributed by atoms with Gasteiger partial charge in [-0.25, -0.2) is 4.98 Å². The van der Waals surface area contributed by atoms with Crippen molar-refractivity contribution in [3.05, 3.63) is 53.6 Å². The van der Waals surface area contributed by atoms with Crippen LogP contribution in [0.3, 0.4) is 0 Å². The smallest absolute Gasteiger partial charge is 0.506 e. The second-order valence-corrected chi connectivity index (χ2v) is 6.99. The van der Waals surface area contributed by atoms with Gasteiger partial charge < -0.3 is 25.6 Å². The Labute approximate surface area is 180 Å². The summed E-state index contributed by atoms with van der Waals surface area (Å²) >= 11 is 5.97. The van der Waals surface area contributed by atoms with E-state index in [-0.39, 0.29) is 41.5 Å². The molecular weight excluding hydrogens is 437 g/mol. The van der Waals surface area contributed by atoms with Crippen LogP contribution in [0.1, 0.15) is 6.92 Å². The molecule has 31 heavy (non-hydrogen) atoms. The van der Waals surface area contributed by atoms with E-state index in [1.807, 2.05) is 0 Å². The first-order valence-electron chi connectivity index (χ1n) is 9.01. The zero-order chi connectivity index (χ0) is 22.6. The first-order valence-corrected chi connectivity index (χ1v) is 9.39. The van der Waals surface area contributed by atoms with Crippen LogP contribution in [0.5, 0.6) is 11.5 Å². The zero-order valence-electron chi connectivity index (χ0n) is 16.1. The van der Waals surface area contributed by atoms with Crippen LogP contribution in [0.25, 0.3) is 11.3 Å². The number of aromatic hydroxyl groups is 1. The molecule has 0 radical (unpaired) electrons. The van der Waals surface area contributed by atoms with E-state index < -0.39 is 12.1 Å². The Hall–Kier alpha value is -3.24. The summed E-state index contributed by atoms with van der Waals surface area (Å²) in [6.45, 7) is 1.50. The van der Waals surface area contributed by atoms with E-state index in [1.165, 1.54) is 42.5 Å². The number of anilines is 3. The minimum Gasteiger partial charge on any atom is -0.506 e. The summed E-state index contributed by atoms with van der Waals surface area (Å²) in [5.74, 6) is -0.130. The molecule has 0 aliphatic carbocycles. The number of hydrogen-bond acceptors (Lipinski definition) is 7. The van der Waals surface area contributed by atoms with Gasteiger partial charge in [0.1, 0.15) is 17.3 Å². The quantitative estimate of drug-likeness (QED) is 0.375. The van der Waals surface area contributed by atoms with Crippen molar-refractivity contribution >= 4 is 29.1 Å². The van der Waals surface area contributed by atoms with Gasteiger partial charge in [0, 0.05) is 22.7 Å². The highest BCUT2D eigenvalue weighted by Gasteiger charge is 2.31. The summed E-state index contributed by atoms with van der Waals surface area (Å²) in [5.41, 5.74) is 0.883. The molecule has 0 saturated heterocycles. The number of benzene rings is 2. The Morgan fingerprint density at radius 2 is 1.90 bits per heavy atom.